The molecule has 0 aliphatic rings. The van der Waals surface area contributed by atoms with Crippen molar-refractivity contribution in [1.82, 2.24) is 9.55 Å². The Morgan fingerprint density at radius 3 is 2.79 bits per heavy atom. The summed E-state index contributed by atoms with van der Waals surface area (Å²) in [6.07, 6.45) is 1.70. The summed E-state index contributed by atoms with van der Waals surface area (Å²) >= 11 is 0. The van der Waals surface area contributed by atoms with E-state index >= 15 is 0 Å². The SMILES string of the molecule is CC(C)c1nc2ccc(CCCC(=O)O)cc2n1C. The van der Waals surface area contributed by atoms with E-state index in [1.165, 1.54) is 5.56 Å². The van der Waals surface area contributed by atoms with Crippen molar-refractivity contribution in [3.63, 3.8) is 0 Å². The first-order valence-electron chi connectivity index (χ1n) is 6.66. The second kappa shape index (κ2) is 5.43. The first-order valence-corrected chi connectivity index (χ1v) is 6.66. The molecule has 2 rings (SSSR count). The number of aryl methyl sites for hydroxylation is 2. The van der Waals surface area contributed by atoms with Crippen molar-refractivity contribution in [1.29, 1.82) is 0 Å². The molecule has 1 N–H and O–H groups in total. The summed E-state index contributed by atoms with van der Waals surface area (Å²) in [5, 5.41) is 8.66. The fraction of sp³-hybridized carbons (Fsp3) is 0.467. The second-order valence-corrected chi connectivity index (χ2v) is 5.25. The van der Waals surface area contributed by atoms with Crippen LogP contribution in [-0.2, 0) is 18.3 Å². The molecule has 2 aromatic rings. The number of rotatable bonds is 5. The van der Waals surface area contributed by atoms with Gasteiger partial charge in [-0.2, -0.15) is 0 Å². The average molecular weight is 260 g/mol. The quantitative estimate of drug-likeness (QED) is 0.898. The highest BCUT2D eigenvalue weighted by molar-refractivity contribution is 5.77. The van der Waals surface area contributed by atoms with Gasteiger partial charge in [-0.3, -0.25) is 4.79 Å². The summed E-state index contributed by atoms with van der Waals surface area (Å²) in [5.41, 5.74) is 3.30. The van der Waals surface area contributed by atoms with E-state index in [-0.39, 0.29) is 6.42 Å². The summed E-state index contributed by atoms with van der Waals surface area (Å²) in [4.78, 5) is 15.2. The van der Waals surface area contributed by atoms with E-state index in [0.717, 1.165) is 23.3 Å². The van der Waals surface area contributed by atoms with Crippen molar-refractivity contribution in [2.45, 2.75) is 39.0 Å². The van der Waals surface area contributed by atoms with Crippen molar-refractivity contribution in [3.8, 4) is 0 Å². The summed E-state index contributed by atoms with van der Waals surface area (Å²) in [6.45, 7) is 4.27. The molecule has 102 valence electrons. The fourth-order valence-corrected chi connectivity index (χ4v) is 2.37. The summed E-state index contributed by atoms with van der Waals surface area (Å²) in [6, 6.07) is 6.19. The van der Waals surface area contributed by atoms with Crippen LogP contribution in [0.5, 0.6) is 0 Å². The minimum atomic E-state index is -0.733. The van der Waals surface area contributed by atoms with Gasteiger partial charge in [0, 0.05) is 19.4 Å². The van der Waals surface area contributed by atoms with Crippen LogP contribution in [0.3, 0.4) is 0 Å². The standard InChI is InChI=1S/C15H20N2O2/c1-10(2)15-16-12-8-7-11(5-4-6-14(18)19)9-13(12)17(15)3/h7-10H,4-6H2,1-3H3,(H,18,19). The molecule has 0 spiro atoms. The van der Waals surface area contributed by atoms with Crippen molar-refractivity contribution >= 4 is 17.0 Å². The van der Waals surface area contributed by atoms with E-state index in [1.54, 1.807) is 0 Å². The maximum absolute atomic E-state index is 10.5. The number of fused-ring (bicyclic) bond motifs is 1. The molecule has 0 radical (unpaired) electrons. The molecule has 0 atom stereocenters. The number of aromatic nitrogens is 2. The predicted octanol–water partition coefficient (Wildman–Crippen LogP) is 3.10. The number of carboxylic acid groups (broad SMARTS) is 1. The molecule has 0 amide bonds. The highest BCUT2D eigenvalue weighted by atomic mass is 16.4. The molecule has 4 heteroatoms. The molecule has 0 aliphatic heterocycles. The fourth-order valence-electron chi connectivity index (χ4n) is 2.37. The van der Waals surface area contributed by atoms with Crippen molar-refractivity contribution < 1.29 is 9.90 Å². The zero-order chi connectivity index (χ0) is 14.0. The normalized spacial score (nSPS) is 11.4. The van der Waals surface area contributed by atoms with Gasteiger partial charge in [-0.25, -0.2) is 4.98 Å². The number of carbonyl (C=O) groups is 1. The molecule has 1 aromatic heterocycles. The molecule has 4 nitrogen and oxygen atoms in total. The van der Waals surface area contributed by atoms with E-state index in [1.807, 2.05) is 19.2 Å². The highest BCUT2D eigenvalue weighted by Gasteiger charge is 2.11. The monoisotopic (exact) mass is 260 g/mol. The van der Waals surface area contributed by atoms with E-state index in [2.05, 4.69) is 29.5 Å². The molecule has 19 heavy (non-hydrogen) atoms. The van der Waals surface area contributed by atoms with Crippen LogP contribution in [0.15, 0.2) is 18.2 Å². The third-order valence-corrected chi connectivity index (χ3v) is 3.35. The molecule has 0 saturated heterocycles. The Hall–Kier alpha value is -1.84. The van der Waals surface area contributed by atoms with Crippen LogP contribution >= 0.6 is 0 Å². The summed E-state index contributed by atoms with van der Waals surface area (Å²) in [7, 11) is 2.03. The van der Waals surface area contributed by atoms with Crippen LogP contribution in [0, 0.1) is 0 Å². The van der Waals surface area contributed by atoms with Gasteiger partial charge >= 0.3 is 5.97 Å². The Bertz CT molecular complexity index is 599. The Labute approximate surface area is 113 Å². The molecule has 0 bridgehead atoms. The molecule has 0 saturated carbocycles. The number of imidazole rings is 1. The van der Waals surface area contributed by atoms with Gasteiger partial charge in [0.15, 0.2) is 0 Å². The first-order chi connectivity index (χ1) is 8.99. The lowest BCUT2D eigenvalue weighted by atomic mass is 10.1. The van der Waals surface area contributed by atoms with E-state index in [9.17, 15) is 4.79 Å². The zero-order valence-corrected chi connectivity index (χ0v) is 11.7. The van der Waals surface area contributed by atoms with Crippen molar-refractivity contribution in [2.24, 2.45) is 7.05 Å². The molecular formula is C15H20N2O2. The minimum Gasteiger partial charge on any atom is -0.481 e. The van der Waals surface area contributed by atoms with Crippen LogP contribution in [0.2, 0.25) is 0 Å². The lowest BCUT2D eigenvalue weighted by molar-refractivity contribution is -0.137. The minimum absolute atomic E-state index is 0.223. The molecule has 0 aliphatic carbocycles. The van der Waals surface area contributed by atoms with Crippen LogP contribution in [-0.4, -0.2) is 20.6 Å². The van der Waals surface area contributed by atoms with Gasteiger partial charge in [-0.15, -0.1) is 0 Å². The van der Waals surface area contributed by atoms with E-state index in [4.69, 9.17) is 5.11 Å². The Morgan fingerprint density at radius 1 is 1.42 bits per heavy atom. The number of hydrogen-bond donors (Lipinski definition) is 1. The van der Waals surface area contributed by atoms with Gasteiger partial charge < -0.3 is 9.67 Å². The van der Waals surface area contributed by atoms with E-state index in [0.29, 0.717) is 12.3 Å². The highest BCUT2D eigenvalue weighted by Crippen LogP contribution is 2.22. The van der Waals surface area contributed by atoms with Gasteiger partial charge in [0.1, 0.15) is 5.82 Å². The molecule has 0 fully saturated rings. The molecular weight excluding hydrogens is 240 g/mol. The van der Waals surface area contributed by atoms with Gasteiger partial charge in [0.25, 0.3) is 0 Å². The Morgan fingerprint density at radius 2 is 2.16 bits per heavy atom. The number of carboxylic acids is 1. The first kappa shape index (κ1) is 13.6. The summed E-state index contributed by atoms with van der Waals surface area (Å²) < 4.78 is 2.13. The third-order valence-electron chi connectivity index (χ3n) is 3.35. The molecule has 1 aromatic carbocycles. The third kappa shape index (κ3) is 2.95. The summed E-state index contributed by atoms with van der Waals surface area (Å²) in [5.74, 6) is 0.745. The van der Waals surface area contributed by atoms with Gasteiger partial charge in [-0.05, 0) is 30.5 Å². The van der Waals surface area contributed by atoms with Crippen LogP contribution in [0.4, 0.5) is 0 Å². The topological polar surface area (TPSA) is 55.1 Å². The van der Waals surface area contributed by atoms with Crippen molar-refractivity contribution in [2.75, 3.05) is 0 Å². The number of benzene rings is 1. The lowest BCUT2D eigenvalue weighted by Gasteiger charge is -2.05. The van der Waals surface area contributed by atoms with Crippen LogP contribution < -0.4 is 0 Å². The number of nitrogens with zero attached hydrogens (tertiary/aromatic N) is 2. The Balaban J connectivity index is 2.24. The van der Waals surface area contributed by atoms with Crippen LogP contribution in [0.25, 0.3) is 11.0 Å². The lowest BCUT2D eigenvalue weighted by Crippen LogP contribution is -1.99. The van der Waals surface area contributed by atoms with E-state index < -0.39 is 5.97 Å². The average Bonchev–Trinajstić information content (AvgIpc) is 2.67. The van der Waals surface area contributed by atoms with Gasteiger partial charge in [-0.1, -0.05) is 19.9 Å². The number of aliphatic carboxylic acids is 1. The maximum atomic E-state index is 10.5. The number of hydrogen-bond acceptors (Lipinski definition) is 2. The van der Waals surface area contributed by atoms with Crippen LogP contribution in [0.1, 0.15) is 44.0 Å². The Kier molecular flexibility index (Phi) is 3.88. The largest absolute Gasteiger partial charge is 0.481 e. The predicted molar refractivity (Wildman–Crippen MR) is 75.4 cm³/mol. The maximum Gasteiger partial charge on any atom is 0.303 e. The smallest absolute Gasteiger partial charge is 0.303 e. The molecule has 0 unspecified atom stereocenters. The van der Waals surface area contributed by atoms with Crippen molar-refractivity contribution in [3.05, 3.63) is 29.6 Å². The van der Waals surface area contributed by atoms with Gasteiger partial charge in [0.2, 0.25) is 0 Å². The second-order valence-electron chi connectivity index (χ2n) is 5.25. The zero-order valence-electron chi connectivity index (χ0n) is 11.7. The van der Waals surface area contributed by atoms with Gasteiger partial charge in [0.05, 0.1) is 11.0 Å². The molecule has 1 heterocycles.